The first-order valence-electron chi connectivity index (χ1n) is 38.5. The van der Waals surface area contributed by atoms with Crippen LogP contribution in [0.15, 0.2) is 78.9 Å². The van der Waals surface area contributed by atoms with Gasteiger partial charge in [0.05, 0.1) is 56.3 Å². The molecule has 0 fully saturated rings. The van der Waals surface area contributed by atoms with E-state index in [4.69, 9.17) is 27.9 Å². The van der Waals surface area contributed by atoms with E-state index in [0.29, 0.717) is 126 Å². The lowest BCUT2D eigenvalue weighted by Crippen LogP contribution is -2.33. The molecule has 35 heteroatoms. The van der Waals surface area contributed by atoms with Crippen LogP contribution in [0, 0.1) is 64.6 Å². The second kappa shape index (κ2) is 44.0. The van der Waals surface area contributed by atoms with Crippen molar-refractivity contribution in [3.8, 4) is 0 Å². The molecular weight excluding hydrogens is 1470 g/mol. The lowest BCUT2D eigenvalue weighted by Gasteiger charge is -2.12. The van der Waals surface area contributed by atoms with Crippen molar-refractivity contribution in [2.24, 2.45) is 35.5 Å². The highest BCUT2D eigenvalue weighted by Gasteiger charge is 2.37. The zero-order valence-electron chi connectivity index (χ0n) is 66.1. The summed E-state index contributed by atoms with van der Waals surface area (Å²) in [6.07, 6.45) is 5.79. The van der Waals surface area contributed by atoms with Crippen LogP contribution in [-0.2, 0) is 67.6 Å². The molecule has 0 aliphatic carbocycles. The van der Waals surface area contributed by atoms with E-state index in [1.165, 1.54) is 36.4 Å². The van der Waals surface area contributed by atoms with Gasteiger partial charge >= 0.3 is 42.7 Å². The van der Waals surface area contributed by atoms with Crippen LogP contribution >= 0.6 is 0 Å². The number of hydrogen-bond donors (Lipinski definition) is 12. The molecule has 6 atom stereocenters. The fourth-order valence-electron chi connectivity index (χ4n) is 11.6. The van der Waals surface area contributed by atoms with Crippen LogP contribution in [0.25, 0.3) is 0 Å². The summed E-state index contributed by atoms with van der Waals surface area (Å²) < 4.78 is 99.8. The largest absolute Gasteiger partial charge is 0.491 e. The van der Waals surface area contributed by atoms with Crippen molar-refractivity contribution in [2.45, 2.75) is 161 Å². The van der Waals surface area contributed by atoms with Gasteiger partial charge in [-0.05, 0) is 151 Å². The maximum Gasteiger partial charge on any atom is 0.491 e. The molecule has 6 amide bonds. The minimum absolute atomic E-state index is 0.000229. The first-order chi connectivity index (χ1) is 53.8. The van der Waals surface area contributed by atoms with E-state index in [-0.39, 0.29) is 77.4 Å². The van der Waals surface area contributed by atoms with Gasteiger partial charge in [0.1, 0.15) is 34.6 Å². The minimum atomic E-state index is -1.34. The van der Waals surface area contributed by atoms with Crippen molar-refractivity contribution in [1.82, 2.24) is 31.9 Å². The Labute approximate surface area is 659 Å². The molecule has 12 N–H and O–H groups in total. The third-order valence-corrected chi connectivity index (χ3v) is 20.7. The molecule has 6 unspecified atom stereocenters. The molecule has 6 heterocycles. The van der Waals surface area contributed by atoms with Crippen LogP contribution < -0.4 is 64.7 Å². The second-order valence-electron chi connectivity index (χ2n) is 29.3. The summed E-state index contributed by atoms with van der Waals surface area (Å²) in [6.45, 7) is 28.6. The summed E-state index contributed by atoms with van der Waals surface area (Å²) in [4.78, 5) is 71.5. The molecule has 24 nitrogen and oxygen atoms in total. The molecule has 6 aromatic carbocycles. The van der Waals surface area contributed by atoms with Gasteiger partial charge in [-0.25, -0.2) is 22.0 Å². The van der Waals surface area contributed by atoms with Crippen LogP contribution in [0.2, 0.25) is 0 Å². The summed E-state index contributed by atoms with van der Waals surface area (Å²) >= 11 is 0. The topological polar surface area (TPSA) is 351 Å². The maximum absolute atomic E-state index is 14.2. The monoisotopic (exact) mass is 1570 g/mol. The molecule has 113 heavy (non-hydrogen) atoms. The van der Waals surface area contributed by atoms with Gasteiger partial charge in [0, 0.05) is 61.5 Å². The number of hydrogen-bond acceptors (Lipinski definition) is 18. The Kier molecular flexibility index (Phi) is 35.8. The van der Waals surface area contributed by atoms with Crippen LogP contribution in [0.3, 0.4) is 0 Å². The van der Waals surface area contributed by atoms with E-state index in [1.54, 1.807) is 30.3 Å². The molecule has 0 saturated carbocycles. The van der Waals surface area contributed by atoms with E-state index in [1.807, 2.05) is 61.5 Å². The zero-order valence-corrected chi connectivity index (χ0v) is 66.1. The fraction of sp³-hybridized carbons (Fsp3) is 0.462. The minimum Gasteiger partial charge on any atom is -0.423 e. The van der Waals surface area contributed by atoms with Crippen LogP contribution in [0.1, 0.15) is 217 Å². The summed E-state index contributed by atoms with van der Waals surface area (Å²) in [6, 6.07) is 19.7. The molecule has 0 spiro atoms. The predicted octanol–water partition coefficient (Wildman–Crippen LogP) is 4.78. The third-order valence-electron chi connectivity index (χ3n) is 20.7. The molecule has 12 rings (SSSR count). The molecule has 0 radical (unpaired) electrons. The summed E-state index contributed by atoms with van der Waals surface area (Å²) in [5, 5.41) is 73.4. The maximum atomic E-state index is 14.2. The Hall–Kier alpha value is -8.30. The first-order valence-corrected chi connectivity index (χ1v) is 38.5. The Balaban J connectivity index is 0.000000188. The molecule has 0 saturated heterocycles. The molecular formula is C78H103B6F5N6O18. The lowest BCUT2D eigenvalue weighted by atomic mass is 9.78. The number of amides is 6. The van der Waals surface area contributed by atoms with Gasteiger partial charge in [0.15, 0.2) is 0 Å². The van der Waals surface area contributed by atoms with Gasteiger partial charge in [-0.2, -0.15) is 0 Å². The smallest absolute Gasteiger partial charge is 0.423 e. The van der Waals surface area contributed by atoms with Gasteiger partial charge in [0.25, 0.3) is 35.4 Å². The number of fused-ring (bicyclic) bond motifs is 6. The van der Waals surface area contributed by atoms with Crippen molar-refractivity contribution in [3.63, 3.8) is 0 Å². The molecule has 6 aliphatic heterocycles. The predicted molar refractivity (Wildman–Crippen MR) is 424 cm³/mol. The fourth-order valence-corrected chi connectivity index (χ4v) is 11.6. The SMILES string of the molecule is CCC(C)CNC(=O)c1c(F)cc2c(c1F)COB2O.CCC(C)CNC(=O)c1cc2c(cc1F)B(O)OC2.CCC(C)CNC(=O)c1cc2c(cc1F)COB2O.CCC(C)CNC(=O)c1ccc2c(c1)B(O)OC2.CCC(C)CNC(=O)c1ccc2c(c1)COB2O.CCC(C)CNC(=O)c1ccc2c(c1F)COB2O. The highest BCUT2D eigenvalue weighted by atomic mass is 19.1. The molecule has 6 aromatic rings. The van der Waals surface area contributed by atoms with E-state index in [2.05, 4.69) is 59.6 Å². The number of nitrogens with one attached hydrogen (secondary N) is 6. The normalized spacial score (nSPS) is 15.3. The highest BCUT2D eigenvalue weighted by Crippen LogP contribution is 2.24. The van der Waals surface area contributed by atoms with Gasteiger partial charge in [0.2, 0.25) is 0 Å². The van der Waals surface area contributed by atoms with Crippen molar-refractivity contribution in [1.29, 1.82) is 0 Å². The van der Waals surface area contributed by atoms with E-state index < -0.39 is 101 Å². The Morgan fingerprint density at radius 2 is 0.637 bits per heavy atom. The van der Waals surface area contributed by atoms with Crippen molar-refractivity contribution in [2.75, 3.05) is 39.3 Å². The van der Waals surface area contributed by atoms with E-state index >= 15 is 0 Å². The van der Waals surface area contributed by atoms with Gasteiger partial charge < -0.3 is 90.0 Å². The van der Waals surface area contributed by atoms with Crippen molar-refractivity contribution >= 4 is 111 Å². The van der Waals surface area contributed by atoms with Gasteiger partial charge in [-0.3, -0.25) is 28.8 Å². The van der Waals surface area contributed by atoms with Crippen LogP contribution in [-0.4, -0.2) is 148 Å². The zero-order chi connectivity index (χ0) is 83.1. The van der Waals surface area contributed by atoms with E-state index in [0.717, 1.165) is 61.2 Å². The van der Waals surface area contributed by atoms with Crippen molar-refractivity contribution < 1.29 is 109 Å². The molecule has 6 aliphatic rings. The Bertz CT molecular complexity index is 4270. The third kappa shape index (κ3) is 25.1. The molecule has 0 bridgehead atoms. The number of carbonyl (C=O) groups is 6. The average Bonchev–Trinajstić information content (AvgIpc) is 1.67. The Morgan fingerprint density at radius 3 is 1.12 bits per heavy atom. The Morgan fingerprint density at radius 1 is 0.319 bits per heavy atom. The highest BCUT2D eigenvalue weighted by molar-refractivity contribution is 6.63. The quantitative estimate of drug-likeness (QED) is 0.0287. The molecule has 606 valence electrons. The number of halogens is 5. The van der Waals surface area contributed by atoms with Gasteiger partial charge in [-0.1, -0.05) is 140 Å². The lowest BCUT2D eigenvalue weighted by molar-refractivity contribution is 0.0931. The second-order valence-corrected chi connectivity index (χ2v) is 29.3. The number of benzene rings is 6. The van der Waals surface area contributed by atoms with Crippen molar-refractivity contribution in [3.05, 3.63) is 175 Å². The first kappa shape index (κ1) is 91.9. The standard InChI is InChI=1S/C13H16BF2NO3.3C13H17BFNO3.2C13H18BNO3/c1-3-7(2)5-17-13(18)11-10(15)4-9-8(12(11)16)6-20-14(9)19;1-3-8(2)6-16-13(17)10-5-11-9(4-12(10)15)7-19-14(11)18;1-3-8(2)6-16-13(17)10-4-9-7-19-14(18)11(9)5-12(10)15;1-3-8(2)6-16-13(17)9-4-5-11-10(12(9)15)7-19-14(11)18;1-3-9(2)7-15-13(16)10-4-5-12-11(6-10)8-18-14(12)17;1-3-9(2)7-15-13(16)10-4-5-11-8-18-14(17)12(11)6-10/h4,7,19H,3,5-6H2,1-2H3,(H,17,18);3*4-5,8,18H,3,6-7H2,1-2H3,(H,16,17);2*4-6,9,17H,3,7-8H2,1-2H3,(H,15,16). The van der Waals surface area contributed by atoms with Gasteiger partial charge in [-0.15, -0.1) is 0 Å². The van der Waals surface area contributed by atoms with Crippen LogP contribution in [0.4, 0.5) is 22.0 Å². The number of rotatable bonds is 24. The van der Waals surface area contributed by atoms with E-state index in [9.17, 15) is 80.9 Å². The number of carbonyl (C=O) groups excluding carboxylic acids is 6. The summed E-state index contributed by atoms with van der Waals surface area (Å²) in [7, 11) is -6.36. The summed E-state index contributed by atoms with van der Waals surface area (Å²) in [5.74, 6) is -3.82. The van der Waals surface area contributed by atoms with Crippen LogP contribution in [0.5, 0.6) is 0 Å². The average molecular weight is 1570 g/mol. The summed E-state index contributed by atoms with van der Waals surface area (Å²) in [5.41, 5.74) is 6.66. The molecule has 0 aromatic heterocycles.